The number of hydrogen-bond acceptors (Lipinski definition) is 3. The first kappa shape index (κ1) is 14.1. The van der Waals surface area contributed by atoms with Crippen LogP contribution in [0.5, 0.6) is 0 Å². The van der Waals surface area contributed by atoms with E-state index in [1.165, 1.54) is 6.92 Å². The summed E-state index contributed by atoms with van der Waals surface area (Å²) in [6, 6.07) is 7.16. The Bertz CT molecular complexity index is 615. The second kappa shape index (κ2) is 4.98. The summed E-state index contributed by atoms with van der Waals surface area (Å²) >= 11 is 3.36. The van der Waals surface area contributed by atoms with Crippen LogP contribution in [0, 0.1) is 5.92 Å². The number of furan rings is 1. The topological polar surface area (TPSA) is 70.7 Å². The number of hydrogen-bond donors (Lipinski definition) is 2. The van der Waals surface area contributed by atoms with E-state index >= 15 is 0 Å². The highest BCUT2D eigenvalue weighted by molar-refractivity contribution is 9.10. The second-order valence-corrected chi connectivity index (χ2v) is 5.66. The largest absolute Gasteiger partial charge is 0.481 e. The molecule has 0 aliphatic rings. The molecule has 2 aromatic rings. The zero-order valence-corrected chi connectivity index (χ0v) is 12.3. The van der Waals surface area contributed by atoms with E-state index in [-0.39, 0.29) is 5.76 Å². The van der Waals surface area contributed by atoms with Crippen LogP contribution < -0.4 is 0 Å². The third-order valence-electron chi connectivity index (χ3n) is 3.36. The molecule has 1 aromatic carbocycles. The Labute approximate surface area is 119 Å². The maximum atomic E-state index is 11.2. The number of carbonyl (C=O) groups is 1. The van der Waals surface area contributed by atoms with Crippen LogP contribution in [-0.4, -0.2) is 16.2 Å². The first-order valence-electron chi connectivity index (χ1n) is 6.01. The molecule has 0 spiro atoms. The summed E-state index contributed by atoms with van der Waals surface area (Å²) in [7, 11) is 0. The maximum absolute atomic E-state index is 11.2. The van der Waals surface area contributed by atoms with Gasteiger partial charge >= 0.3 is 5.97 Å². The molecule has 0 amide bonds. The van der Waals surface area contributed by atoms with Gasteiger partial charge in [-0.3, -0.25) is 4.79 Å². The molecule has 4 nitrogen and oxygen atoms in total. The van der Waals surface area contributed by atoms with Crippen LogP contribution in [0.2, 0.25) is 0 Å². The van der Waals surface area contributed by atoms with E-state index in [9.17, 15) is 15.0 Å². The summed E-state index contributed by atoms with van der Waals surface area (Å²) in [5.41, 5.74) is -0.912. The normalized spacial score (nSPS) is 16.2. The lowest BCUT2D eigenvalue weighted by Gasteiger charge is -2.26. The highest BCUT2D eigenvalue weighted by atomic mass is 79.9. The van der Waals surface area contributed by atoms with E-state index in [0.29, 0.717) is 12.0 Å². The Morgan fingerprint density at radius 2 is 2.16 bits per heavy atom. The summed E-state index contributed by atoms with van der Waals surface area (Å²) in [5, 5.41) is 20.5. The maximum Gasteiger partial charge on any atom is 0.309 e. The molecule has 1 heterocycles. The quantitative estimate of drug-likeness (QED) is 0.901. The van der Waals surface area contributed by atoms with Crippen molar-refractivity contribution in [2.45, 2.75) is 25.9 Å². The van der Waals surface area contributed by atoms with Crippen LogP contribution >= 0.6 is 15.9 Å². The molecule has 0 radical (unpaired) electrons. The minimum atomic E-state index is -1.54. The molecule has 2 atom stereocenters. The average molecular weight is 327 g/mol. The lowest BCUT2D eigenvalue weighted by molar-refractivity contribution is -0.153. The summed E-state index contributed by atoms with van der Waals surface area (Å²) in [6.45, 7) is 3.20. The number of fused-ring (bicyclic) bond motifs is 1. The highest BCUT2D eigenvalue weighted by Crippen LogP contribution is 2.35. The van der Waals surface area contributed by atoms with Crippen molar-refractivity contribution in [1.82, 2.24) is 0 Å². The van der Waals surface area contributed by atoms with E-state index in [0.717, 1.165) is 9.86 Å². The van der Waals surface area contributed by atoms with Crippen molar-refractivity contribution in [3.05, 3.63) is 34.5 Å². The molecule has 0 fully saturated rings. The highest BCUT2D eigenvalue weighted by Gasteiger charge is 2.40. The fourth-order valence-corrected chi connectivity index (χ4v) is 2.63. The molecule has 102 valence electrons. The van der Waals surface area contributed by atoms with Gasteiger partial charge in [0.1, 0.15) is 16.9 Å². The van der Waals surface area contributed by atoms with Gasteiger partial charge in [0.25, 0.3) is 0 Å². The van der Waals surface area contributed by atoms with Gasteiger partial charge in [-0.1, -0.05) is 22.9 Å². The molecule has 0 saturated heterocycles. The van der Waals surface area contributed by atoms with E-state index in [4.69, 9.17) is 4.42 Å². The smallest absolute Gasteiger partial charge is 0.309 e. The van der Waals surface area contributed by atoms with Crippen molar-refractivity contribution >= 4 is 32.9 Å². The number of benzene rings is 1. The number of rotatable bonds is 4. The zero-order valence-electron chi connectivity index (χ0n) is 10.7. The first-order chi connectivity index (χ1) is 8.86. The van der Waals surface area contributed by atoms with Gasteiger partial charge in [0, 0.05) is 9.86 Å². The van der Waals surface area contributed by atoms with Gasteiger partial charge in [-0.2, -0.15) is 0 Å². The van der Waals surface area contributed by atoms with Gasteiger partial charge in [0.2, 0.25) is 0 Å². The summed E-state index contributed by atoms with van der Waals surface area (Å²) < 4.78 is 6.49. The van der Waals surface area contributed by atoms with Gasteiger partial charge in [-0.25, -0.2) is 0 Å². The molecule has 19 heavy (non-hydrogen) atoms. The lowest BCUT2D eigenvalue weighted by atomic mass is 9.85. The fraction of sp³-hybridized carbons (Fsp3) is 0.357. The van der Waals surface area contributed by atoms with E-state index in [1.807, 2.05) is 12.1 Å². The lowest BCUT2D eigenvalue weighted by Crippen LogP contribution is -2.36. The van der Waals surface area contributed by atoms with Crippen LogP contribution in [0.3, 0.4) is 0 Å². The molecule has 2 unspecified atom stereocenters. The monoisotopic (exact) mass is 326 g/mol. The van der Waals surface area contributed by atoms with Gasteiger partial charge in [0.15, 0.2) is 0 Å². The average Bonchev–Trinajstić information content (AvgIpc) is 2.72. The van der Waals surface area contributed by atoms with Crippen molar-refractivity contribution < 1.29 is 19.4 Å². The van der Waals surface area contributed by atoms with Crippen LogP contribution in [0.1, 0.15) is 26.0 Å². The number of aliphatic carboxylic acids is 1. The number of carboxylic acid groups (broad SMARTS) is 1. The fourth-order valence-electron chi connectivity index (χ4n) is 2.25. The Hall–Kier alpha value is -1.33. The number of halogens is 1. The minimum Gasteiger partial charge on any atom is -0.481 e. The number of aliphatic hydroxyl groups is 1. The molecule has 0 aliphatic carbocycles. The van der Waals surface area contributed by atoms with Crippen LogP contribution in [0.15, 0.2) is 33.2 Å². The molecule has 2 rings (SSSR count). The van der Waals surface area contributed by atoms with Crippen molar-refractivity contribution in [3.8, 4) is 0 Å². The Morgan fingerprint density at radius 3 is 2.74 bits per heavy atom. The van der Waals surface area contributed by atoms with Crippen molar-refractivity contribution in [3.63, 3.8) is 0 Å². The minimum absolute atomic E-state index is 0.273. The van der Waals surface area contributed by atoms with E-state index in [1.54, 1.807) is 19.1 Å². The number of carboxylic acids is 1. The predicted octanol–water partition coefficient (Wildman–Crippen LogP) is 3.51. The molecule has 1 aromatic heterocycles. The summed E-state index contributed by atoms with van der Waals surface area (Å²) in [6.07, 6.45) is 0.322. The van der Waals surface area contributed by atoms with Crippen LogP contribution in [-0.2, 0) is 10.4 Å². The van der Waals surface area contributed by atoms with Crippen molar-refractivity contribution in [1.29, 1.82) is 0 Å². The van der Waals surface area contributed by atoms with Crippen LogP contribution in [0.4, 0.5) is 0 Å². The molecular weight excluding hydrogens is 312 g/mol. The Balaban J connectivity index is 2.50. The van der Waals surface area contributed by atoms with Gasteiger partial charge in [0.05, 0.1) is 5.92 Å². The summed E-state index contributed by atoms with van der Waals surface area (Å²) in [4.78, 5) is 11.2. The van der Waals surface area contributed by atoms with Crippen LogP contribution in [0.25, 0.3) is 11.0 Å². The molecule has 0 saturated carbocycles. The molecular formula is C14H15BrO4. The SMILES string of the molecule is CCC(C(=O)O)C(C)(O)c1cc2cc(Br)ccc2o1. The second-order valence-electron chi connectivity index (χ2n) is 4.74. The zero-order chi connectivity index (χ0) is 14.2. The molecule has 2 N–H and O–H groups in total. The van der Waals surface area contributed by atoms with E-state index in [2.05, 4.69) is 15.9 Å². The van der Waals surface area contributed by atoms with Crippen molar-refractivity contribution in [2.24, 2.45) is 5.92 Å². The molecule has 0 bridgehead atoms. The first-order valence-corrected chi connectivity index (χ1v) is 6.80. The molecule has 5 heteroatoms. The predicted molar refractivity (Wildman–Crippen MR) is 74.9 cm³/mol. The van der Waals surface area contributed by atoms with Gasteiger partial charge in [-0.15, -0.1) is 0 Å². The Kier molecular flexibility index (Phi) is 3.69. The standard InChI is InChI=1S/C14H15BrO4/c1-3-10(13(16)17)14(2,18)12-7-8-6-9(15)4-5-11(8)19-12/h4-7,10,18H,3H2,1-2H3,(H,16,17). The van der Waals surface area contributed by atoms with E-state index < -0.39 is 17.5 Å². The Morgan fingerprint density at radius 1 is 1.47 bits per heavy atom. The third-order valence-corrected chi connectivity index (χ3v) is 3.86. The third kappa shape index (κ3) is 2.53. The van der Waals surface area contributed by atoms with Gasteiger partial charge < -0.3 is 14.6 Å². The molecule has 0 aliphatic heterocycles. The van der Waals surface area contributed by atoms with Gasteiger partial charge in [-0.05, 0) is 37.6 Å². The van der Waals surface area contributed by atoms with Crippen molar-refractivity contribution in [2.75, 3.05) is 0 Å². The summed E-state index contributed by atoms with van der Waals surface area (Å²) in [5.74, 6) is -1.67.